The smallest absolute Gasteiger partial charge is 0.307 e. The second-order valence-corrected chi connectivity index (χ2v) is 6.16. The van der Waals surface area contributed by atoms with Gasteiger partial charge in [0.1, 0.15) is 11.3 Å². The number of para-hydroxylation sites is 1. The van der Waals surface area contributed by atoms with Gasteiger partial charge in [0, 0.05) is 30.5 Å². The zero-order valence-electron chi connectivity index (χ0n) is 13.0. The fourth-order valence-corrected chi connectivity index (χ4v) is 3.26. The maximum absolute atomic E-state index is 11.1. The van der Waals surface area contributed by atoms with Crippen molar-refractivity contribution < 1.29 is 14.3 Å². The van der Waals surface area contributed by atoms with E-state index in [0.717, 1.165) is 50.1 Å². The molecule has 118 valence electrons. The van der Waals surface area contributed by atoms with Crippen LogP contribution in [-0.2, 0) is 17.8 Å². The number of hydrogen-bond acceptors (Lipinski definition) is 3. The lowest BCUT2D eigenvalue weighted by atomic mass is 10.1. The van der Waals surface area contributed by atoms with Crippen LogP contribution in [0.5, 0.6) is 0 Å². The van der Waals surface area contributed by atoms with Crippen molar-refractivity contribution >= 4 is 16.9 Å². The largest absolute Gasteiger partial charge is 0.481 e. The molecule has 1 N–H and O–H groups in total. The van der Waals surface area contributed by atoms with Crippen molar-refractivity contribution in [1.29, 1.82) is 0 Å². The van der Waals surface area contributed by atoms with Gasteiger partial charge in [0.05, 0.1) is 5.92 Å². The average Bonchev–Trinajstić information content (AvgIpc) is 3.11. The third-order valence-corrected chi connectivity index (χ3v) is 4.54. The first-order valence-electron chi connectivity index (χ1n) is 8.13. The number of benzene rings is 1. The minimum atomic E-state index is -0.675. The van der Waals surface area contributed by atoms with Crippen LogP contribution in [-0.4, -0.2) is 29.1 Å². The normalized spacial score (nSPS) is 19.0. The van der Waals surface area contributed by atoms with E-state index in [1.165, 1.54) is 10.9 Å². The molecule has 0 spiro atoms. The van der Waals surface area contributed by atoms with Crippen molar-refractivity contribution in [1.82, 2.24) is 4.90 Å². The van der Waals surface area contributed by atoms with Crippen LogP contribution in [0, 0.1) is 5.92 Å². The lowest BCUT2D eigenvalue weighted by Gasteiger charge is -2.15. The highest BCUT2D eigenvalue weighted by Gasteiger charge is 2.29. The minimum Gasteiger partial charge on any atom is -0.481 e. The summed E-state index contributed by atoms with van der Waals surface area (Å²) in [5.74, 6) is 0.171. The molecule has 0 aliphatic carbocycles. The molecule has 1 saturated heterocycles. The Hall–Kier alpha value is -1.81. The molecule has 0 amide bonds. The van der Waals surface area contributed by atoms with Gasteiger partial charge in [-0.2, -0.15) is 0 Å². The summed E-state index contributed by atoms with van der Waals surface area (Å²) < 4.78 is 6.04. The van der Waals surface area contributed by atoms with Crippen molar-refractivity contribution in [2.45, 2.75) is 39.2 Å². The first kappa shape index (κ1) is 15.1. The van der Waals surface area contributed by atoms with Crippen LogP contribution in [0.25, 0.3) is 11.0 Å². The van der Waals surface area contributed by atoms with Gasteiger partial charge in [-0.3, -0.25) is 9.69 Å². The first-order chi connectivity index (χ1) is 10.7. The summed E-state index contributed by atoms with van der Waals surface area (Å²) in [6.45, 7) is 4.46. The molecule has 0 radical (unpaired) electrons. The Morgan fingerprint density at radius 1 is 1.41 bits per heavy atom. The molecule has 1 aromatic heterocycles. The van der Waals surface area contributed by atoms with Crippen molar-refractivity contribution in [3.05, 3.63) is 35.6 Å². The van der Waals surface area contributed by atoms with Crippen molar-refractivity contribution in [2.75, 3.05) is 13.1 Å². The number of unbranched alkanes of at least 4 members (excludes halogenated alkanes) is 1. The summed E-state index contributed by atoms with van der Waals surface area (Å²) >= 11 is 0. The summed E-state index contributed by atoms with van der Waals surface area (Å²) in [4.78, 5) is 13.4. The molecule has 4 heteroatoms. The van der Waals surface area contributed by atoms with Gasteiger partial charge in [-0.1, -0.05) is 31.5 Å². The molecular weight excluding hydrogens is 278 g/mol. The van der Waals surface area contributed by atoms with Crippen molar-refractivity contribution in [2.24, 2.45) is 5.92 Å². The van der Waals surface area contributed by atoms with Gasteiger partial charge in [0.25, 0.3) is 0 Å². The number of aryl methyl sites for hydroxylation is 1. The van der Waals surface area contributed by atoms with Crippen LogP contribution in [0.2, 0.25) is 0 Å². The second kappa shape index (κ2) is 6.53. The molecule has 3 rings (SSSR count). The van der Waals surface area contributed by atoms with Gasteiger partial charge < -0.3 is 9.52 Å². The summed E-state index contributed by atoms with van der Waals surface area (Å²) in [7, 11) is 0. The van der Waals surface area contributed by atoms with Crippen LogP contribution in [0.4, 0.5) is 0 Å². The monoisotopic (exact) mass is 301 g/mol. The maximum atomic E-state index is 11.1. The number of likely N-dealkylation sites (tertiary alicyclic amines) is 1. The minimum absolute atomic E-state index is 0.225. The van der Waals surface area contributed by atoms with E-state index in [1.54, 1.807) is 0 Å². The summed E-state index contributed by atoms with van der Waals surface area (Å²) in [6.07, 6.45) is 3.96. The molecule has 22 heavy (non-hydrogen) atoms. The first-order valence-corrected chi connectivity index (χ1v) is 8.13. The van der Waals surface area contributed by atoms with E-state index in [9.17, 15) is 4.79 Å². The quantitative estimate of drug-likeness (QED) is 0.884. The van der Waals surface area contributed by atoms with Gasteiger partial charge in [0.2, 0.25) is 0 Å². The highest BCUT2D eigenvalue weighted by molar-refractivity contribution is 5.82. The van der Waals surface area contributed by atoms with E-state index in [0.29, 0.717) is 6.54 Å². The number of nitrogens with zero attached hydrogens (tertiary/aromatic N) is 1. The Balaban J connectivity index is 1.83. The average molecular weight is 301 g/mol. The van der Waals surface area contributed by atoms with E-state index >= 15 is 0 Å². The van der Waals surface area contributed by atoms with Gasteiger partial charge >= 0.3 is 5.97 Å². The summed E-state index contributed by atoms with van der Waals surface area (Å²) in [5.41, 5.74) is 2.19. The molecule has 0 bridgehead atoms. The van der Waals surface area contributed by atoms with Gasteiger partial charge in [-0.15, -0.1) is 0 Å². The number of carbonyl (C=O) groups is 1. The molecule has 1 aliphatic rings. The zero-order chi connectivity index (χ0) is 15.5. The molecule has 2 heterocycles. The van der Waals surface area contributed by atoms with Crippen LogP contribution in [0.15, 0.2) is 28.7 Å². The number of furan rings is 1. The number of hydrogen-bond donors (Lipinski definition) is 1. The second-order valence-electron chi connectivity index (χ2n) is 6.16. The number of carboxylic acid groups (broad SMARTS) is 1. The molecule has 1 unspecified atom stereocenters. The van der Waals surface area contributed by atoms with Gasteiger partial charge in [-0.05, 0) is 25.5 Å². The van der Waals surface area contributed by atoms with Crippen LogP contribution >= 0.6 is 0 Å². The molecule has 1 atom stereocenters. The predicted molar refractivity (Wildman–Crippen MR) is 85.8 cm³/mol. The maximum Gasteiger partial charge on any atom is 0.307 e. The SMILES string of the molecule is CCCCc1oc2ccccc2c1CN1CCC(C(=O)O)C1. The molecule has 0 saturated carbocycles. The van der Waals surface area contributed by atoms with E-state index in [1.807, 2.05) is 18.2 Å². The number of carboxylic acids is 1. The predicted octanol–water partition coefficient (Wildman–Crippen LogP) is 3.68. The fourth-order valence-electron chi connectivity index (χ4n) is 3.26. The third-order valence-electron chi connectivity index (χ3n) is 4.54. The van der Waals surface area contributed by atoms with E-state index in [2.05, 4.69) is 17.9 Å². The highest BCUT2D eigenvalue weighted by atomic mass is 16.4. The fraction of sp³-hybridized carbons (Fsp3) is 0.500. The van der Waals surface area contributed by atoms with E-state index in [4.69, 9.17) is 9.52 Å². The highest BCUT2D eigenvalue weighted by Crippen LogP contribution is 2.30. The van der Waals surface area contributed by atoms with Crippen LogP contribution in [0.1, 0.15) is 37.5 Å². The van der Waals surface area contributed by atoms with E-state index < -0.39 is 5.97 Å². The van der Waals surface area contributed by atoms with Gasteiger partial charge in [0.15, 0.2) is 0 Å². The summed E-state index contributed by atoms with van der Waals surface area (Å²) in [5, 5.41) is 10.3. The lowest BCUT2D eigenvalue weighted by molar-refractivity contribution is -0.141. The van der Waals surface area contributed by atoms with Gasteiger partial charge in [-0.25, -0.2) is 0 Å². The lowest BCUT2D eigenvalue weighted by Crippen LogP contribution is -2.23. The molecule has 1 aromatic carbocycles. The number of fused-ring (bicyclic) bond motifs is 1. The molecule has 1 fully saturated rings. The van der Waals surface area contributed by atoms with E-state index in [-0.39, 0.29) is 5.92 Å². The Kier molecular flexibility index (Phi) is 4.48. The molecule has 4 nitrogen and oxygen atoms in total. The molecule has 2 aromatic rings. The zero-order valence-corrected chi connectivity index (χ0v) is 13.0. The number of rotatable bonds is 6. The van der Waals surface area contributed by atoms with Crippen molar-refractivity contribution in [3.63, 3.8) is 0 Å². The van der Waals surface area contributed by atoms with Crippen LogP contribution in [0.3, 0.4) is 0 Å². The van der Waals surface area contributed by atoms with Crippen molar-refractivity contribution in [3.8, 4) is 0 Å². The summed E-state index contributed by atoms with van der Waals surface area (Å²) in [6, 6.07) is 8.15. The third kappa shape index (κ3) is 3.02. The molecular formula is C18H23NO3. The topological polar surface area (TPSA) is 53.7 Å². The Morgan fingerprint density at radius 2 is 2.23 bits per heavy atom. The Bertz CT molecular complexity index is 661. The standard InChI is InChI=1S/C18H23NO3/c1-2-3-7-17-15(14-6-4-5-8-16(14)22-17)12-19-10-9-13(11-19)18(20)21/h4-6,8,13H,2-3,7,9-12H2,1H3,(H,20,21). The Labute approximate surface area is 130 Å². The number of aliphatic carboxylic acids is 1. The van der Waals surface area contributed by atoms with Crippen LogP contribution < -0.4 is 0 Å². The molecule has 1 aliphatic heterocycles. The Morgan fingerprint density at radius 3 is 2.95 bits per heavy atom.